The van der Waals surface area contributed by atoms with Crippen LogP contribution in [0.1, 0.15) is 267 Å². The standard InChI is InChI=1S/C19H21N.C18H25N3O2.C16H23N.2C15H19NO2.C14H17NO.C13H17N/c1-19(2,3)17-10-9-16-11-12-20(18(16)13-17)14-15-7-5-4-6-8-15;1-18(2,3)14-7-6-13-8-9-21(15(13)10-14)17(23)12-20(5)16(22)11-19-4;1-15(2,3)12-8-7-11-9-14(16(4,5)6)17-13(11)10-12;1-5-18-14(17)12-8-10(15(2,3)4)9-13-11(12)6-7-16-13;1-5-18-14(17)12-11(15(2,3)4)7-6-10-8-9-16-13(10)12;1-10(16)15-8-7-11-5-6-12(9-13(11)15)14(2,3)4;1-13(2,3)11-6-5-10-7-8-14(4)12(10)9-11/h4-13H,14H2,1-3H3;6-10,19H,11-12H2,1-5H3;7-10,17H,1-6H3;2*6-9,16H,5H2,1-4H3;5-9H,1-4H3;5-9H,1-4H3. The molecule has 0 aliphatic rings. The zero-order valence-electron chi connectivity index (χ0n) is 81.0. The number of hydrogen-bond acceptors (Lipinski definition) is 8. The highest BCUT2D eigenvalue weighted by atomic mass is 16.5. The van der Waals surface area contributed by atoms with E-state index < -0.39 is 0 Å². The van der Waals surface area contributed by atoms with Gasteiger partial charge in [0.15, 0.2) is 0 Å². The maximum absolute atomic E-state index is 12.5. The summed E-state index contributed by atoms with van der Waals surface area (Å²) in [6, 6.07) is 65.9. The fourth-order valence-electron chi connectivity index (χ4n) is 14.8. The number of benzene rings is 8. The molecule has 15 aromatic rings. The van der Waals surface area contributed by atoms with Crippen molar-refractivity contribution in [2.75, 3.05) is 40.4 Å². The predicted molar refractivity (Wildman–Crippen MR) is 529 cm³/mol. The lowest BCUT2D eigenvalue weighted by atomic mass is 9.83. The Balaban J connectivity index is 0.000000167. The molecule has 0 aliphatic carbocycles. The Labute approximate surface area is 749 Å². The number of esters is 2. The van der Waals surface area contributed by atoms with Crippen LogP contribution in [0.3, 0.4) is 0 Å². The summed E-state index contributed by atoms with van der Waals surface area (Å²) in [5, 5.41) is 10.8. The Morgan fingerprint density at radius 2 is 0.857 bits per heavy atom. The number of nitrogens with one attached hydrogen (secondary N) is 4. The van der Waals surface area contributed by atoms with Crippen molar-refractivity contribution in [1.82, 2.24) is 43.4 Å². The van der Waals surface area contributed by atoms with Gasteiger partial charge < -0.3 is 43.8 Å². The molecule has 0 unspecified atom stereocenters. The van der Waals surface area contributed by atoms with Crippen LogP contribution >= 0.6 is 0 Å². The molecule has 0 aliphatic heterocycles. The third kappa shape index (κ3) is 25.1. The van der Waals surface area contributed by atoms with Gasteiger partial charge in [0, 0.05) is 119 Å². The summed E-state index contributed by atoms with van der Waals surface area (Å²) in [5.41, 5.74) is 21.1. The average molecular weight is 1700 g/mol. The van der Waals surface area contributed by atoms with Crippen molar-refractivity contribution in [1.29, 1.82) is 0 Å². The van der Waals surface area contributed by atoms with Gasteiger partial charge in [-0.3, -0.25) is 23.5 Å². The van der Waals surface area contributed by atoms with Crippen LogP contribution in [0.2, 0.25) is 0 Å². The number of nitrogens with zero attached hydrogens (tertiary/aromatic N) is 5. The number of H-pyrrole nitrogens is 3. The molecule has 0 fully saturated rings. The third-order valence-corrected chi connectivity index (χ3v) is 22.8. The molecule has 0 radical (unpaired) electrons. The molecule has 16 heteroatoms. The Bertz CT molecular complexity index is 6250. The number of aryl methyl sites for hydroxylation is 1. The number of rotatable bonds is 10. The Morgan fingerprint density at radius 3 is 1.37 bits per heavy atom. The first-order chi connectivity index (χ1) is 58.7. The lowest BCUT2D eigenvalue weighted by Gasteiger charge is -2.22. The van der Waals surface area contributed by atoms with E-state index in [4.69, 9.17) is 9.47 Å². The highest BCUT2D eigenvalue weighted by Crippen LogP contribution is 2.36. The van der Waals surface area contributed by atoms with Crippen molar-refractivity contribution in [2.45, 2.75) is 237 Å². The molecular formula is C110H141N9O7. The summed E-state index contributed by atoms with van der Waals surface area (Å²) in [5.74, 6) is -0.671. The Kier molecular flexibility index (Phi) is 31.0. The molecule has 0 spiro atoms. The summed E-state index contributed by atoms with van der Waals surface area (Å²) in [6.07, 6.45) is 11.6. The second-order valence-corrected chi connectivity index (χ2v) is 41.3. The highest BCUT2D eigenvalue weighted by Gasteiger charge is 2.28. The maximum atomic E-state index is 12.5. The summed E-state index contributed by atoms with van der Waals surface area (Å²) >= 11 is 0. The molecular weight excluding hydrogens is 1560 g/mol. The summed E-state index contributed by atoms with van der Waals surface area (Å²) in [4.78, 5) is 71.3. The minimum atomic E-state index is -0.256. The molecule has 1 amide bonds. The number of hydrogen-bond donors (Lipinski definition) is 4. The largest absolute Gasteiger partial charge is 0.462 e. The third-order valence-electron chi connectivity index (χ3n) is 22.8. The number of carbonyl (C=O) groups is 5. The first-order valence-corrected chi connectivity index (χ1v) is 44.3. The van der Waals surface area contributed by atoms with E-state index in [1.807, 2.05) is 81.0 Å². The minimum Gasteiger partial charge on any atom is -0.462 e. The van der Waals surface area contributed by atoms with Gasteiger partial charge in [0.25, 0.3) is 5.91 Å². The normalized spacial score (nSPS) is 12.1. The quantitative estimate of drug-likeness (QED) is 0.0974. The van der Waals surface area contributed by atoms with E-state index in [1.165, 1.54) is 76.7 Å². The van der Waals surface area contributed by atoms with Crippen molar-refractivity contribution < 1.29 is 33.4 Å². The average Bonchev–Trinajstić information content (AvgIpc) is 1.48. The van der Waals surface area contributed by atoms with Gasteiger partial charge >= 0.3 is 11.9 Å². The fourth-order valence-corrected chi connectivity index (χ4v) is 14.8. The van der Waals surface area contributed by atoms with Gasteiger partial charge in [-0.05, 0) is 204 Å². The van der Waals surface area contributed by atoms with Crippen LogP contribution in [0.25, 0.3) is 76.3 Å². The minimum absolute atomic E-state index is 0.000540. The van der Waals surface area contributed by atoms with E-state index in [2.05, 4.69) is 355 Å². The number of likely N-dealkylation sites (N-methyl/N-ethyl adjacent to an activating group) is 2. The van der Waals surface area contributed by atoms with Gasteiger partial charge in [-0.25, -0.2) is 9.59 Å². The summed E-state index contributed by atoms with van der Waals surface area (Å²) in [6.45, 7) is 59.9. The molecule has 15 rings (SSSR count). The van der Waals surface area contributed by atoms with Gasteiger partial charge in [0.1, 0.15) is 6.54 Å². The van der Waals surface area contributed by atoms with Gasteiger partial charge in [0.05, 0.1) is 47.4 Å². The number of carbonyl (C=O) groups excluding carboxylic acids is 5. The van der Waals surface area contributed by atoms with Crippen LogP contribution in [-0.4, -0.2) is 108 Å². The SMILES string of the molecule is CC(=O)n1ccc2ccc(C(C)(C)C)cc21.CC(C)(C)c1ccc2cc(C(C)(C)C)[nH]c2c1.CC(C)(C)c1ccc2ccn(Cc3ccccc3)c2c1.CCOC(=O)c1c(C(C)(C)C)ccc2cc[nH]c12.CCOC(=O)c1cc(C(C)(C)C)cc2[nH]ccc12.CNCC(=O)N(C)CC(=O)n1ccc2ccc(C(C)(C)C)cc21.Cn1ccc2ccc(C(C)(C)C)cc21. The van der Waals surface area contributed by atoms with E-state index >= 15 is 0 Å². The Morgan fingerprint density at radius 1 is 0.413 bits per heavy atom. The van der Waals surface area contributed by atoms with E-state index in [-0.39, 0.29) is 86.1 Å². The lowest BCUT2D eigenvalue weighted by Crippen LogP contribution is -2.38. The molecule has 4 N–H and O–H groups in total. The van der Waals surface area contributed by atoms with Crippen molar-refractivity contribution in [2.24, 2.45) is 7.05 Å². The highest BCUT2D eigenvalue weighted by molar-refractivity contribution is 6.06. The first-order valence-electron chi connectivity index (χ1n) is 44.3. The molecule has 0 bridgehead atoms. The van der Waals surface area contributed by atoms with Crippen LogP contribution in [-0.2, 0) is 71.2 Å². The number of fused-ring (bicyclic) bond motifs is 7. The number of amides is 1. The van der Waals surface area contributed by atoms with Crippen molar-refractivity contribution in [3.05, 3.63) is 287 Å². The van der Waals surface area contributed by atoms with Gasteiger partial charge in [-0.15, -0.1) is 0 Å². The van der Waals surface area contributed by atoms with Crippen molar-refractivity contribution in [3.8, 4) is 0 Å². The molecule has 126 heavy (non-hydrogen) atoms. The zero-order valence-corrected chi connectivity index (χ0v) is 81.0. The number of aromatic amines is 3. The predicted octanol–water partition coefficient (Wildman–Crippen LogP) is 26.4. The Hall–Kier alpha value is -11.8. The molecule has 668 valence electrons. The smallest absolute Gasteiger partial charge is 0.340 e. The fraction of sp³-hybridized carbons (Fsp3) is 0.391. The lowest BCUT2D eigenvalue weighted by molar-refractivity contribution is -0.128. The molecule has 16 nitrogen and oxygen atoms in total. The van der Waals surface area contributed by atoms with Crippen LogP contribution < -0.4 is 5.32 Å². The van der Waals surface area contributed by atoms with Crippen molar-refractivity contribution in [3.63, 3.8) is 0 Å². The second-order valence-electron chi connectivity index (χ2n) is 41.3. The summed E-state index contributed by atoms with van der Waals surface area (Å²) in [7, 11) is 5.44. The molecule has 0 atom stereocenters. The molecule has 0 saturated heterocycles. The van der Waals surface area contributed by atoms with Crippen LogP contribution in [0.4, 0.5) is 0 Å². The van der Waals surface area contributed by atoms with E-state index in [0.717, 1.165) is 61.3 Å². The van der Waals surface area contributed by atoms with Crippen LogP contribution in [0.15, 0.2) is 225 Å². The maximum Gasteiger partial charge on any atom is 0.340 e. The first kappa shape index (κ1) is 98.0. The van der Waals surface area contributed by atoms with Crippen molar-refractivity contribution >= 4 is 106 Å². The number of aromatic nitrogens is 7. The van der Waals surface area contributed by atoms with E-state index in [9.17, 15) is 24.0 Å². The second kappa shape index (κ2) is 39.8. The van der Waals surface area contributed by atoms with E-state index in [0.29, 0.717) is 24.3 Å². The van der Waals surface area contributed by atoms with Gasteiger partial charge in [0.2, 0.25) is 11.8 Å². The molecule has 7 heterocycles. The van der Waals surface area contributed by atoms with E-state index in [1.54, 1.807) is 36.4 Å². The van der Waals surface area contributed by atoms with Crippen LogP contribution in [0.5, 0.6) is 0 Å². The topological polar surface area (TPSA) is 186 Å². The summed E-state index contributed by atoms with van der Waals surface area (Å²) < 4.78 is 18.1. The molecule has 0 saturated carbocycles. The van der Waals surface area contributed by atoms with Gasteiger partial charge in [-0.2, -0.15) is 0 Å². The monoisotopic (exact) mass is 1700 g/mol. The van der Waals surface area contributed by atoms with Crippen LogP contribution in [0, 0.1) is 0 Å². The van der Waals surface area contributed by atoms with Gasteiger partial charge in [-0.1, -0.05) is 269 Å². The number of ether oxygens (including phenoxy) is 2. The zero-order chi connectivity index (χ0) is 93.1. The molecule has 7 aromatic heterocycles. The molecule has 8 aromatic carbocycles.